The number of esters is 1. The second kappa shape index (κ2) is 7.40. The summed E-state index contributed by atoms with van der Waals surface area (Å²) in [5.74, 6) is -0.347. The molecule has 1 rings (SSSR count). The molecule has 1 aromatic carbocycles. The number of rotatable bonds is 1. The van der Waals surface area contributed by atoms with Crippen LogP contribution < -0.4 is 12.4 Å². The SMILES string of the molecule is COC(=O)c1[c-]cccc1.[Cl-].[Mg+2]. The summed E-state index contributed by atoms with van der Waals surface area (Å²) < 4.78 is 4.47. The molecular weight excluding hydrogens is 188 g/mol. The first-order valence-electron chi connectivity index (χ1n) is 2.89. The van der Waals surface area contributed by atoms with Crippen molar-refractivity contribution in [3.8, 4) is 0 Å². The van der Waals surface area contributed by atoms with Crippen LogP contribution in [-0.2, 0) is 4.74 Å². The van der Waals surface area contributed by atoms with E-state index >= 15 is 0 Å². The summed E-state index contributed by atoms with van der Waals surface area (Å²) in [7, 11) is 1.35. The molecule has 0 aliphatic rings. The molecule has 2 nitrogen and oxygen atoms in total. The average Bonchev–Trinajstić information content (AvgIpc) is 2.05. The van der Waals surface area contributed by atoms with Crippen molar-refractivity contribution in [2.75, 3.05) is 7.11 Å². The largest absolute Gasteiger partial charge is 2.00 e. The predicted molar refractivity (Wildman–Crippen MR) is 42.4 cm³/mol. The predicted octanol–water partition coefficient (Wildman–Crippen LogP) is -2.10. The summed E-state index contributed by atoms with van der Waals surface area (Å²) >= 11 is 0. The van der Waals surface area contributed by atoms with Crippen LogP contribution in [0, 0.1) is 6.07 Å². The van der Waals surface area contributed by atoms with Gasteiger partial charge in [-0.15, -0.1) is 30.3 Å². The zero-order valence-corrected chi connectivity index (χ0v) is 8.88. The summed E-state index contributed by atoms with van der Waals surface area (Å²) in [5.41, 5.74) is 0.463. The van der Waals surface area contributed by atoms with E-state index in [2.05, 4.69) is 10.8 Å². The number of carbonyl (C=O) groups is 1. The Balaban J connectivity index is 0. The van der Waals surface area contributed by atoms with Crippen molar-refractivity contribution in [2.24, 2.45) is 0 Å². The molecule has 4 heteroatoms. The fraction of sp³-hybridized carbons (Fsp3) is 0.125. The van der Waals surface area contributed by atoms with E-state index in [-0.39, 0.29) is 41.4 Å². The molecule has 0 aromatic heterocycles. The first kappa shape index (κ1) is 14.3. The molecule has 0 aliphatic heterocycles. The minimum absolute atomic E-state index is 0. The molecular formula is C8H7ClMgO2. The molecule has 1 aromatic rings. The van der Waals surface area contributed by atoms with Gasteiger partial charge in [-0.1, -0.05) is 5.56 Å². The molecule has 0 spiro atoms. The Hall–Kier alpha value is -0.254. The van der Waals surface area contributed by atoms with Gasteiger partial charge in [0.15, 0.2) is 0 Å². The zero-order valence-electron chi connectivity index (χ0n) is 6.71. The summed E-state index contributed by atoms with van der Waals surface area (Å²) in [6, 6.07) is 9.64. The van der Waals surface area contributed by atoms with Crippen LogP contribution in [0.1, 0.15) is 10.4 Å². The topological polar surface area (TPSA) is 26.3 Å². The third-order valence-electron chi connectivity index (χ3n) is 1.11. The average molecular weight is 195 g/mol. The van der Waals surface area contributed by atoms with Crippen LogP contribution in [0.25, 0.3) is 0 Å². The van der Waals surface area contributed by atoms with Crippen LogP contribution >= 0.6 is 0 Å². The van der Waals surface area contributed by atoms with Crippen LogP contribution in [0.4, 0.5) is 0 Å². The number of hydrogen-bond acceptors (Lipinski definition) is 2. The third kappa shape index (κ3) is 3.95. The van der Waals surface area contributed by atoms with Gasteiger partial charge in [0.2, 0.25) is 5.97 Å². The Morgan fingerprint density at radius 3 is 2.58 bits per heavy atom. The molecule has 0 heterocycles. The van der Waals surface area contributed by atoms with Crippen molar-refractivity contribution < 1.29 is 21.9 Å². The second-order valence-corrected chi connectivity index (χ2v) is 1.77. The van der Waals surface area contributed by atoms with Gasteiger partial charge < -0.3 is 21.9 Å². The van der Waals surface area contributed by atoms with E-state index in [1.807, 2.05) is 0 Å². The number of methoxy groups -OCH3 is 1. The molecule has 0 amide bonds. The number of hydrogen-bond donors (Lipinski definition) is 0. The summed E-state index contributed by atoms with van der Waals surface area (Å²) in [6.45, 7) is 0. The van der Waals surface area contributed by atoms with Gasteiger partial charge >= 0.3 is 23.1 Å². The minimum atomic E-state index is -0.347. The van der Waals surface area contributed by atoms with E-state index in [4.69, 9.17) is 0 Å². The van der Waals surface area contributed by atoms with Crippen LogP contribution in [0.15, 0.2) is 24.3 Å². The first-order valence-corrected chi connectivity index (χ1v) is 2.89. The van der Waals surface area contributed by atoms with Gasteiger partial charge in [0.25, 0.3) is 0 Å². The first-order chi connectivity index (χ1) is 4.84. The second-order valence-electron chi connectivity index (χ2n) is 1.77. The molecule has 60 valence electrons. The summed E-state index contributed by atoms with van der Waals surface area (Å²) in [6.07, 6.45) is 0. The molecule has 0 aliphatic carbocycles. The van der Waals surface area contributed by atoms with Crippen molar-refractivity contribution in [1.29, 1.82) is 0 Å². The van der Waals surface area contributed by atoms with Gasteiger partial charge in [0, 0.05) is 0 Å². The van der Waals surface area contributed by atoms with Crippen LogP contribution in [0.2, 0.25) is 0 Å². The fourth-order valence-electron chi connectivity index (χ4n) is 0.630. The molecule has 0 saturated carbocycles. The monoisotopic (exact) mass is 194 g/mol. The maximum atomic E-state index is 10.8. The Morgan fingerprint density at radius 1 is 1.50 bits per heavy atom. The normalized spacial score (nSPS) is 7.42. The van der Waals surface area contributed by atoms with E-state index < -0.39 is 0 Å². The Bertz CT molecular complexity index is 226. The Kier molecular flexibility index (Phi) is 8.80. The third-order valence-corrected chi connectivity index (χ3v) is 1.11. The number of benzene rings is 1. The van der Waals surface area contributed by atoms with Gasteiger partial charge in [-0.3, -0.25) is 0 Å². The quantitative estimate of drug-likeness (QED) is 0.291. The van der Waals surface area contributed by atoms with Gasteiger partial charge in [-0.05, 0) is 0 Å². The maximum Gasteiger partial charge on any atom is 2.00 e. The van der Waals surface area contributed by atoms with Gasteiger partial charge in [-0.2, -0.15) is 0 Å². The van der Waals surface area contributed by atoms with Crippen LogP contribution in [0.3, 0.4) is 0 Å². The molecule has 0 radical (unpaired) electrons. The molecule has 12 heavy (non-hydrogen) atoms. The smallest absolute Gasteiger partial charge is 1.00 e. The maximum absolute atomic E-state index is 10.8. The number of halogens is 1. The molecule has 0 bridgehead atoms. The van der Waals surface area contributed by atoms with Crippen molar-refractivity contribution in [3.63, 3.8) is 0 Å². The molecule has 0 unspecified atom stereocenters. The molecule has 0 fully saturated rings. The molecule has 0 N–H and O–H groups in total. The van der Waals surface area contributed by atoms with Crippen molar-refractivity contribution in [3.05, 3.63) is 35.9 Å². The Labute approximate surface area is 93.9 Å². The van der Waals surface area contributed by atoms with E-state index in [1.165, 1.54) is 7.11 Å². The van der Waals surface area contributed by atoms with E-state index in [0.29, 0.717) is 5.56 Å². The zero-order chi connectivity index (χ0) is 7.40. The minimum Gasteiger partial charge on any atom is -1.00 e. The standard InChI is InChI=1S/C8H7O2.ClH.Mg/c1-10-8(9)7-5-3-2-4-6-7;;/h2-5H,1H3;1H;/q-1;;+2/p-1. The summed E-state index contributed by atoms with van der Waals surface area (Å²) in [5, 5.41) is 0. The molecule has 0 saturated heterocycles. The fourth-order valence-corrected chi connectivity index (χ4v) is 0.630. The van der Waals surface area contributed by atoms with E-state index in [9.17, 15) is 4.79 Å². The van der Waals surface area contributed by atoms with Gasteiger partial charge in [-0.25, -0.2) is 0 Å². The van der Waals surface area contributed by atoms with Crippen molar-refractivity contribution in [1.82, 2.24) is 0 Å². The molecule has 0 atom stereocenters. The number of ether oxygens (including phenoxy) is 1. The van der Waals surface area contributed by atoms with Crippen molar-refractivity contribution >= 4 is 29.0 Å². The van der Waals surface area contributed by atoms with Gasteiger partial charge in [0.1, 0.15) is 0 Å². The van der Waals surface area contributed by atoms with E-state index in [1.54, 1.807) is 24.3 Å². The van der Waals surface area contributed by atoms with Gasteiger partial charge in [0.05, 0.1) is 7.11 Å². The Morgan fingerprint density at radius 2 is 2.17 bits per heavy atom. The number of carbonyl (C=O) groups excluding carboxylic acids is 1. The van der Waals surface area contributed by atoms with Crippen molar-refractivity contribution in [2.45, 2.75) is 0 Å². The van der Waals surface area contributed by atoms with Crippen LogP contribution in [0.5, 0.6) is 0 Å². The van der Waals surface area contributed by atoms with E-state index in [0.717, 1.165) is 0 Å². The summed E-state index contributed by atoms with van der Waals surface area (Å²) in [4.78, 5) is 10.8. The van der Waals surface area contributed by atoms with Crippen LogP contribution in [-0.4, -0.2) is 36.1 Å².